The highest BCUT2D eigenvalue weighted by Crippen LogP contribution is 2.24. The Bertz CT molecular complexity index is 572. The lowest BCUT2D eigenvalue weighted by molar-refractivity contribution is 0.599. The SMILES string of the molecule is O=S1(=O)CCCN1c1cccc(C#CCBr)c1. The van der Waals surface area contributed by atoms with E-state index in [9.17, 15) is 8.42 Å². The Kier molecular flexibility index (Phi) is 3.75. The van der Waals surface area contributed by atoms with Gasteiger partial charge in [-0.15, -0.1) is 0 Å². The molecule has 90 valence electrons. The van der Waals surface area contributed by atoms with Crippen molar-refractivity contribution in [1.29, 1.82) is 0 Å². The highest BCUT2D eigenvalue weighted by atomic mass is 79.9. The van der Waals surface area contributed by atoms with Crippen LogP contribution in [0.4, 0.5) is 5.69 Å². The van der Waals surface area contributed by atoms with Crippen molar-refractivity contribution in [2.24, 2.45) is 0 Å². The molecule has 0 radical (unpaired) electrons. The van der Waals surface area contributed by atoms with E-state index in [0.29, 0.717) is 24.0 Å². The molecule has 0 N–H and O–H groups in total. The second kappa shape index (κ2) is 5.11. The van der Waals surface area contributed by atoms with Crippen molar-refractivity contribution < 1.29 is 8.42 Å². The molecular formula is C12H12BrNO2S. The average molecular weight is 314 g/mol. The molecule has 2 rings (SSSR count). The molecule has 1 saturated heterocycles. The molecule has 0 aliphatic carbocycles. The topological polar surface area (TPSA) is 37.4 Å². The predicted molar refractivity (Wildman–Crippen MR) is 72.9 cm³/mol. The second-order valence-electron chi connectivity index (χ2n) is 3.73. The molecular weight excluding hydrogens is 302 g/mol. The zero-order valence-electron chi connectivity index (χ0n) is 9.19. The lowest BCUT2D eigenvalue weighted by atomic mass is 10.2. The number of nitrogens with zero attached hydrogens (tertiary/aromatic N) is 1. The fourth-order valence-electron chi connectivity index (χ4n) is 1.80. The first kappa shape index (κ1) is 12.5. The maximum absolute atomic E-state index is 11.8. The van der Waals surface area contributed by atoms with Gasteiger partial charge in [0.25, 0.3) is 0 Å². The van der Waals surface area contributed by atoms with Crippen LogP contribution in [-0.4, -0.2) is 26.0 Å². The first-order chi connectivity index (χ1) is 8.13. The van der Waals surface area contributed by atoms with Crippen LogP contribution in [0.2, 0.25) is 0 Å². The molecule has 5 heteroatoms. The van der Waals surface area contributed by atoms with E-state index < -0.39 is 10.0 Å². The van der Waals surface area contributed by atoms with Gasteiger partial charge in [-0.2, -0.15) is 0 Å². The number of hydrogen-bond donors (Lipinski definition) is 0. The van der Waals surface area contributed by atoms with Crippen molar-refractivity contribution in [2.45, 2.75) is 6.42 Å². The summed E-state index contributed by atoms with van der Waals surface area (Å²) in [6.45, 7) is 0.567. The molecule has 0 unspecified atom stereocenters. The molecule has 0 saturated carbocycles. The Balaban J connectivity index is 2.34. The van der Waals surface area contributed by atoms with Crippen molar-refractivity contribution in [3.8, 4) is 11.8 Å². The van der Waals surface area contributed by atoms with Crippen molar-refractivity contribution in [3.63, 3.8) is 0 Å². The van der Waals surface area contributed by atoms with E-state index in [4.69, 9.17) is 0 Å². The van der Waals surface area contributed by atoms with E-state index in [1.807, 2.05) is 24.3 Å². The zero-order chi connectivity index (χ0) is 12.3. The standard InChI is InChI=1S/C12H12BrNO2S/c13-7-2-5-11-4-1-6-12(10-11)14-8-3-9-17(14,15)16/h1,4,6,10H,3,7-9H2. The molecule has 17 heavy (non-hydrogen) atoms. The fraction of sp³-hybridized carbons (Fsp3) is 0.333. The van der Waals surface area contributed by atoms with Crippen LogP contribution in [0.15, 0.2) is 24.3 Å². The van der Waals surface area contributed by atoms with Gasteiger partial charge in [0.1, 0.15) is 0 Å². The maximum Gasteiger partial charge on any atom is 0.235 e. The summed E-state index contributed by atoms with van der Waals surface area (Å²) in [5.41, 5.74) is 1.55. The lowest BCUT2D eigenvalue weighted by Gasteiger charge is -2.16. The summed E-state index contributed by atoms with van der Waals surface area (Å²) in [7, 11) is -3.10. The Labute approximate surface area is 110 Å². The van der Waals surface area contributed by atoms with Crippen LogP contribution in [0.1, 0.15) is 12.0 Å². The smallest absolute Gasteiger partial charge is 0.235 e. The van der Waals surface area contributed by atoms with Crippen LogP contribution >= 0.6 is 15.9 Å². The Morgan fingerprint density at radius 2 is 2.24 bits per heavy atom. The van der Waals surface area contributed by atoms with E-state index in [1.54, 1.807) is 0 Å². The van der Waals surface area contributed by atoms with E-state index in [1.165, 1.54) is 4.31 Å². The third kappa shape index (κ3) is 2.82. The van der Waals surface area contributed by atoms with Gasteiger partial charge in [0.05, 0.1) is 16.8 Å². The van der Waals surface area contributed by atoms with Gasteiger partial charge in [-0.3, -0.25) is 4.31 Å². The van der Waals surface area contributed by atoms with Crippen molar-refractivity contribution in [1.82, 2.24) is 0 Å². The third-order valence-electron chi connectivity index (χ3n) is 2.53. The van der Waals surface area contributed by atoms with Crippen LogP contribution in [0.25, 0.3) is 0 Å². The molecule has 1 aromatic rings. The molecule has 1 aromatic carbocycles. The number of rotatable bonds is 1. The van der Waals surface area contributed by atoms with Crippen LogP contribution in [0, 0.1) is 11.8 Å². The van der Waals surface area contributed by atoms with Crippen molar-refractivity contribution >= 4 is 31.6 Å². The zero-order valence-corrected chi connectivity index (χ0v) is 11.6. The monoisotopic (exact) mass is 313 g/mol. The minimum atomic E-state index is -3.10. The van der Waals surface area contributed by atoms with Gasteiger partial charge in [-0.25, -0.2) is 8.42 Å². The van der Waals surface area contributed by atoms with Gasteiger partial charge in [0, 0.05) is 12.1 Å². The summed E-state index contributed by atoms with van der Waals surface area (Å²) in [6.07, 6.45) is 0.694. The molecule has 3 nitrogen and oxygen atoms in total. The molecule has 1 fully saturated rings. The van der Waals surface area contributed by atoms with E-state index in [2.05, 4.69) is 27.8 Å². The Morgan fingerprint density at radius 1 is 1.41 bits per heavy atom. The highest BCUT2D eigenvalue weighted by molar-refractivity contribution is 9.09. The minimum absolute atomic E-state index is 0.240. The number of anilines is 1. The number of hydrogen-bond acceptors (Lipinski definition) is 2. The number of alkyl halides is 1. The average Bonchev–Trinajstić information content (AvgIpc) is 2.67. The largest absolute Gasteiger partial charge is 0.270 e. The van der Waals surface area contributed by atoms with Gasteiger partial charge in [-0.05, 0) is 24.6 Å². The van der Waals surface area contributed by atoms with Crippen molar-refractivity contribution in [3.05, 3.63) is 29.8 Å². The van der Waals surface area contributed by atoms with Gasteiger partial charge in [0.15, 0.2) is 0 Å². The highest BCUT2D eigenvalue weighted by Gasteiger charge is 2.28. The van der Waals surface area contributed by atoms with Gasteiger partial charge >= 0.3 is 0 Å². The Morgan fingerprint density at radius 3 is 2.88 bits per heavy atom. The molecule has 0 amide bonds. The molecule has 0 atom stereocenters. The number of benzene rings is 1. The predicted octanol–water partition coefficient (Wildman–Crippen LogP) is 1.97. The van der Waals surface area contributed by atoms with Gasteiger partial charge in [-0.1, -0.05) is 33.8 Å². The fourth-order valence-corrected chi connectivity index (χ4v) is 3.50. The molecule has 0 bridgehead atoms. The van der Waals surface area contributed by atoms with Crippen LogP contribution < -0.4 is 4.31 Å². The summed E-state index contributed by atoms with van der Waals surface area (Å²) in [5.74, 6) is 6.11. The summed E-state index contributed by atoms with van der Waals surface area (Å²) in [5, 5.41) is 0.610. The maximum atomic E-state index is 11.8. The van der Waals surface area contributed by atoms with Gasteiger partial charge < -0.3 is 0 Å². The first-order valence-corrected chi connectivity index (χ1v) is 8.02. The summed E-state index contributed by atoms with van der Waals surface area (Å²) < 4.78 is 25.0. The first-order valence-electron chi connectivity index (χ1n) is 5.29. The molecule has 0 spiro atoms. The Hall–Kier alpha value is -0.990. The van der Waals surface area contributed by atoms with Crippen LogP contribution in [0.5, 0.6) is 0 Å². The third-order valence-corrected chi connectivity index (χ3v) is 4.68. The van der Waals surface area contributed by atoms with Gasteiger partial charge in [0.2, 0.25) is 10.0 Å². The lowest BCUT2D eigenvalue weighted by Crippen LogP contribution is -2.24. The molecule has 0 aromatic heterocycles. The summed E-state index contributed by atoms with van der Waals surface area (Å²) >= 11 is 3.23. The van der Waals surface area contributed by atoms with Crippen LogP contribution in [-0.2, 0) is 10.0 Å². The second-order valence-corrected chi connectivity index (χ2v) is 6.30. The minimum Gasteiger partial charge on any atom is -0.270 e. The summed E-state index contributed by atoms with van der Waals surface area (Å²) in [4.78, 5) is 0. The summed E-state index contributed by atoms with van der Waals surface area (Å²) in [6, 6.07) is 7.34. The molecule has 1 aliphatic rings. The molecule has 1 aliphatic heterocycles. The van der Waals surface area contributed by atoms with Crippen molar-refractivity contribution in [2.75, 3.05) is 21.9 Å². The molecule has 1 heterocycles. The number of sulfonamides is 1. The van der Waals surface area contributed by atoms with E-state index in [0.717, 1.165) is 5.56 Å². The number of halogens is 1. The van der Waals surface area contributed by atoms with E-state index >= 15 is 0 Å². The quantitative estimate of drug-likeness (QED) is 0.587. The normalized spacial score (nSPS) is 17.6. The van der Waals surface area contributed by atoms with Crippen LogP contribution in [0.3, 0.4) is 0 Å². The van der Waals surface area contributed by atoms with E-state index in [-0.39, 0.29) is 5.75 Å².